The summed E-state index contributed by atoms with van der Waals surface area (Å²) < 4.78 is 1.98. The first-order valence-corrected chi connectivity index (χ1v) is 7.43. The smallest absolute Gasteiger partial charge is 0.0647 e. The van der Waals surface area contributed by atoms with Crippen molar-refractivity contribution in [3.63, 3.8) is 0 Å². The maximum Gasteiger partial charge on any atom is 0.0647 e. The second-order valence-corrected chi connectivity index (χ2v) is 5.86. The number of rotatable bonds is 4. The molecule has 0 aliphatic carbocycles. The number of hydrogen-bond donors (Lipinski definition) is 1. The molecule has 0 saturated carbocycles. The lowest BCUT2D eigenvalue weighted by Gasteiger charge is -2.19. The number of hydrogen-bond acceptors (Lipinski definition) is 2. The summed E-state index contributed by atoms with van der Waals surface area (Å²) in [5, 5.41) is 12.4. The first-order valence-electron chi connectivity index (χ1n) is 5.84. The Balaban J connectivity index is 2.27. The third kappa shape index (κ3) is 3.82. The van der Waals surface area contributed by atoms with Crippen LogP contribution in [0.25, 0.3) is 0 Å². The topological polar surface area (TPSA) is 35.8 Å². The summed E-state index contributed by atoms with van der Waals surface area (Å²) >= 11 is 6.97. The van der Waals surface area contributed by atoms with Gasteiger partial charge in [-0.2, -0.15) is 5.26 Å². The molecule has 2 nitrogen and oxygen atoms in total. The number of benzene rings is 2. The van der Waals surface area contributed by atoms with Crippen LogP contribution in [-0.2, 0) is 0 Å². The van der Waals surface area contributed by atoms with Crippen LogP contribution in [0.15, 0.2) is 57.5 Å². The van der Waals surface area contributed by atoms with E-state index in [9.17, 15) is 0 Å². The predicted octanol–water partition coefficient (Wildman–Crippen LogP) is 5.28. The van der Waals surface area contributed by atoms with Gasteiger partial charge in [0.05, 0.1) is 24.2 Å². The van der Waals surface area contributed by atoms with Crippen LogP contribution in [0.5, 0.6) is 0 Å². The summed E-state index contributed by atoms with van der Waals surface area (Å²) in [6.07, 6.45) is 0.420. The van der Waals surface area contributed by atoms with Gasteiger partial charge in [0.25, 0.3) is 0 Å². The maximum atomic E-state index is 8.99. The van der Waals surface area contributed by atoms with Crippen molar-refractivity contribution in [3.05, 3.63) is 63.0 Å². The fraction of sp³-hybridized carbons (Fsp3) is 0.133. The van der Waals surface area contributed by atoms with Gasteiger partial charge in [0, 0.05) is 8.95 Å². The summed E-state index contributed by atoms with van der Waals surface area (Å²) in [4.78, 5) is 0. The average molecular weight is 380 g/mol. The standard InChI is InChI=1S/C15H12Br2N2/c16-12-6-7-13(17)15(10-12)19-14(8-9-18)11-4-2-1-3-5-11/h1-7,10,14,19H,8H2. The van der Waals surface area contributed by atoms with Crippen LogP contribution >= 0.6 is 31.9 Å². The quantitative estimate of drug-likeness (QED) is 0.784. The van der Waals surface area contributed by atoms with Gasteiger partial charge in [-0.25, -0.2) is 0 Å². The Morgan fingerprint density at radius 3 is 2.53 bits per heavy atom. The monoisotopic (exact) mass is 378 g/mol. The normalized spacial score (nSPS) is 11.6. The van der Waals surface area contributed by atoms with Crippen LogP contribution < -0.4 is 5.32 Å². The molecule has 0 aromatic heterocycles. The van der Waals surface area contributed by atoms with E-state index in [1.54, 1.807) is 0 Å². The zero-order chi connectivity index (χ0) is 13.7. The highest BCUT2D eigenvalue weighted by Crippen LogP contribution is 2.30. The Kier molecular flexibility index (Phi) is 5.00. The van der Waals surface area contributed by atoms with E-state index in [1.165, 1.54) is 0 Å². The molecule has 0 heterocycles. The third-order valence-corrected chi connectivity index (χ3v) is 3.94. The molecule has 1 unspecified atom stereocenters. The van der Waals surface area contributed by atoms with Crippen LogP contribution in [-0.4, -0.2) is 0 Å². The average Bonchev–Trinajstić information content (AvgIpc) is 2.43. The zero-order valence-electron chi connectivity index (χ0n) is 10.1. The van der Waals surface area contributed by atoms with E-state index >= 15 is 0 Å². The first kappa shape index (κ1) is 14.1. The van der Waals surface area contributed by atoms with Gasteiger partial charge < -0.3 is 5.32 Å². The Bertz CT molecular complexity index is 591. The van der Waals surface area contributed by atoms with E-state index in [1.807, 2.05) is 48.5 Å². The van der Waals surface area contributed by atoms with Crippen molar-refractivity contribution in [1.29, 1.82) is 5.26 Å². The van der Waals surface area contributed by atoms with Gasteiger partial charge in [0.15, 0.2) is 0 Å². The van der Waals surface area contributed by atoms with Crippen molar-refractivity contribution >= 4 is 37.5 Å². The predicted molar refractivity (Wildman–Crippen MR) is 84.9 cm³/mol. The summed E-state index contributed by atoms with van der Waals surface area (Å²) in [7, 11) is 0. The first-order chi connectivity index (χ1) is 9.20. The molecule has 0 radical (unpaired) electrons. The summed E-state index contributed by atoms with van der Waals surface area (Å²) in [5.41, 5.74) is 2.08. The van der Waals surface area contributed by atoms with Crippen molar-refractivity contribution in [3.8, 4) is 6.07 Å². The molecule has 0 spiro atoms. The van der Waals surface area contributed by atoms with Gasteiger partial charge in [-0.3, -0.25) is 0 Å². The minimum absolute atomic E-state index is 0.0169. The molecule has 19 heavy (non-hydrogen) atoms. The molecule has 1 N–H and O–H groups in total. The molecule has 1 atom stereocenters. The van der Waals surface area contributed by atoms with E-state index in [2.05, 4.69) is 43.2 Å². The number of anilines is 1. The van der Waals surface area contributed by atoms with Crippen molar-refractivity contribution in [2.24, 2.45) is 0 Å². The molecule has 96 valence electrons. The minimum Gasteiger partial charge on any atom is -0.376 e. The number of nitrogens with zero attached hydrogens (tertiary/aromatic N) is 1. The lowest BCUT2D eigenvalue weighted by atomic mass is 10.0. The van der Waals surface area contributed by atoms with Crippen molar-refractivity contribution in [1.82, 2.24) is 0 Å². The van der Waals surface area contributed by atoms with Crippen LogP contribution in [0.4, 0.5) is 5.69 Å². The SMILES string of the molecule is N#CCC(Nc1cc(Br)ccc1Br)c1ccccc1. The molecule has 4 heteroatoms. The second-order valence-electron chi connectivity index (χ2n) is 4.09. The molecule has 2 aromatic carbocycles. The van der Waals surface area contributed by atoms with Gasteiger partial charge >= 0.3 is 0 Å². The van der Waals surface area contributed by atoms with E-state index < -0.39 is 0 Å². The van der Waals surface area contributed by atoms with Crippen molar-refractivity contribution in [2.75, 3.05) is 5.32 Å². The molecule has 2 rings (SSSR count). The van der Waals surface area contributed by atoms with E-state index in [0.717, 1.165) is 20.2 Å². The Hall–Kier alpha value is -1.31. The molecular weight excluding hydrogens is 368 g/mol. The summed E-state index contributed by atoms with van der Waals surface area (Å²) in [6, 6.07) is 18.2. The van der Waals surface area contributed by atoms with Crippen LogP contribution in [0.1, 0.15) is 18.0 Å². The maximum absolute atomic E-state index is 8.99. The van der Waals surface area contributed by atoms with E-state index in [-0.39, 0.29) is 6.04 Å². The fourth-order valence-electron chi connectivity index (χ4n) is 1.82. The molecule has 0 aliphatic rings. The lowest BCUT2D eigenvalue weighted by molar-refractivity contribution is 0.805. The lowest BCUT2D eigenvalue weighted by Crippen LogP contribution is -2.10. The molecule has 0 amide bonds. The highest BCUT2D eigenvalue weighted by atomic mass is 79.9. The van der Waals surface area contributed by atoms with Crippen molar-refractivity contribution in [2.45, 2.75) is 12.5 Å². The Morgan fingerprint density at radius 2 is 1.84 bits per heavy atom. The van der Waals surface area contributed by atoms with Gasteiger partial charge in [-0.15, -0.1) is 0 Å². The van der Waals surface area contributed by atoms with Gasteiger partial charge in [0.1, 0.15) is 0 Å². The summed E-state index contributed by atoms with van der Waals surface area (Å²) in [6.45, 7) is 0. The molecular formula is C15H12Br2N2. The third-order valence-electron chi connectivity index (χ3n) is 2.76. The van der Waals surface area contributed by atoms with Crippen LogP contribution in [0.3, 0.4) is 0 Å². The van der Waals surface area contributed by atoms with Crippen LogP contribution in [0, 0.1) is 11.3 Å². The number of nitrogens with one attached hydrogen (secondary N) is 1. The van der Waals surface area contributed by atoms with Gasteiger partial charge in [0.2, 0.25) is 0 Å². The number of nitriles is 1. The van der Waals surface area contributed by atoms with Gasteiger partial charge in [-0.1, -0.05) is 46.3 Å². The van der Waals surface area contributed by atoms with Gasteiger partial charge in [-0.05, 0) is 39.7 Å². The highest BCUT2D eigenvalue weighted by molar-refractivity contribution is 9.11. The molecule has 0 saturated heterocycles. The summed E-state index contributed by atoms with van der Waals surface area (Å²) in [5.74, 6) is 0. The molecule has 0 aliphatic heterocycles. The second kappa shape index (κ2) is 6.74. The number of halogens is 2. The largest absolute Gasteiger partial charge is 0.376 e. The Morgan fingerprint density at radius 1 is 1.11 bits per heavy atom. The van der Waals surface area contributed by atoms with Crippen molar-refractivity contribution < 1.29 is 0 Å². The van der Waals surface area contributed by atoms with Crippen LogP contribution in [0.2, 0.25) is 0 Å². The molecule has 0 bridgehead atoms. The molecule has 0 fully saturated rings. The van der Waals surface area contributed by atoms with E-state index in [0.29, 0.717) is 6.42 Å². The zero-order valence-corrected chi connectivity index (χ0v) is 13.3. The Labute approximate surface area is 129 Å². The fourth-order valence-corrected chi connectivity index (χ4v) is 2.55. The van der Waals surface area contributed by atoms with E-state index in [4.69, 9.17) is 5.26 Å². The highest BCUT2D eigenvalue weighted by Gasteiger charge is 2.12. The molecule has 2 aromatic rings. The minimum atomic E-state index is -0.0169.